The molecule has 0 amide bonds. The van der Waals surface area contributed by atoms with E-state index in [4.69, 9.17) is 5.73 Å². The maximum atomic E-state index is 13.7. The highest BCUT2D eigenvalue weighted by Crippen LogP contribution is 2.27. The van der Waals surface area contributed by atoms with Crippen LogP contribution >= 0.6 is 11.8 Å². The maximum Gasteiger partial charge on any atom is 0.138 e. The second-order valence-electron chi connectivity index (χ2n) is 4.27. The number of nitrogen functional groups attached to an aromatic ring is 1. The van der Waals surface area contributed by atoms with E-state index in [0.717, 1.165) is 24.4 Å². The molecule has 0 aliphatic carbocycles. The molecule has 2 rings (SSSR count). The van der Waals surface area contributed by atoms with Crippen molar-refractivity contribution in [3.63, 3.8) is 0 Å². The number of aromatic nitrogens is 2. The molecule has 102 valence electrons. The van der Waals surface area contributed by atoms with Gasteiger partial charge in [0.2, 0.25) is 0 Å². The Hall–Kier alpha value is -1.49. The summed E-state index contributed by atoms with van der Waals surface area (Å²) in [6.45, 7) is 4.98. The molecule has 0 saturated carbocycles. The summed E-state index contributed by atoms with van der Waals surface area (Å²) in [6.07, 6.45) is 0.918. The predicted molar refractivity (Wildman–Crippen MR) is 77.7 cm³/mol. The summed E-state index contributed by atoms with van der Waals surface area (Å²) in [6, 6.07) is 6.89. The number of nitrogens with two attached hydrogens (primary N) is 1. The zero-order chi connectivity index (χ0) is 13.8. The number of hydrogen-bond acceptors (Lipinski definition) is 3. The van der Waals surface area contributed by atoms with Crippen LogP contribution in [0.15, 0.2) is 29.2 Å². The topological polar surface area (TPSA) is 43.8 Å². The lowest BCUT2D eigenvalue weighted by Crippen LogP contribution is -2.01. The summed E-state index contributed by atoms with van der Waals surface area (Å²) in [4.78, 5) is 0.621. The zero-order valence-corrected chi connectivity index (χ0v) is 12.0. The number of nitrogens with zero attached hydrogens (tertiary/aromatic N) is 2. The first kappa shape index (κ1) is 13.9. The maximum absolute atomic E-state index is 13.7. The van der Waals surface area contributed by atoms with E-state index in [-0.39, 0.29) is 5.82 Å². The van der Waals surface area contributed by atoms with Gasteiger partial charge in [-0.25, -0.2) is 4.39 Å². The lowest BCUT2D eigenvalue weighted by Gasteiger charge is -2.06. The lowest BCUT2D eigenvalue weighted by atomic mass is 10.3. The van der Waals surface area contributed by atoms with Crippen LogP contribution in [0.25, 0.3) is 0 Å². The van der Waals surface area contributed by atoms with Gasteiger partial charge in [-0.1, -0.05) is 6.92 Å². The molecule has 0 aliphatic heterocycles. The monoisotopic (exact) mass is 279 g/mol. The van der Waals surface area contributed by atoms with E-state index >= 15 is 0 Å². The van der Waals surface area contributed by atoms with Gasteiger partial charge in [0.1, 0.15) is 5.82 Å². The molecule has 5 heteroatoms. The summed E-state index contributed by atoms with van der Waals surface area (Å²) in [5.74, 6) is 0.449. The predicted octanol–water partition coefficient (Wildman–Crippen LogP) is 3.48. The second-order valence-corrected chi connectivity index (χ2v) is 5.29. The summed E-state index contributed by atoms with van der Waals surface area (Å²) in [7, 11) is 0. The number of halogens is 1. The lowest BCUT2D eigenvalue weighted by molar-refractivity contribution is 0.602. The van der Waals surface area contributed by atoms with Crippen molar-refractivity contribution in [3.8, 4) is 0 Å². The Bertz CT molecular complexity index is 566. The van der Waals surface area contributed by atoms with Crippen molar-refractivity contribution in [2.75, 3.05) is 5.73 Å². The molecule has 0 aliphatic rings. The fraction of sp³-hybridized carbons (Fsp3) is 0.357. The van der Waals surface area contributed by atoms with Crippen LogP contribution < -0.4 is 5.73 Å². The molecule has 19 heavy (non-hydrogen) atoms. The van der Waals surface area contributed by atoms with Crippen LogP contribution in [0.1, 0.15) is 25.2 Å². The fourth-order valence-electron chi connectivity index (χ4n) is 1.86. The SMILES string of the molecule is CCc1cc(CSc2ccc(N)cc2F)n(CC)n1. The molecule has 0 unspecified atom stereocenters. The number of thioether (sulfide) groups is 1. The molecule has 0 spiro atoms. The Morgan fingerprint density at radius 2 is 2.11 bits per heavy atom. The first-order valence-electron chi connectivity index (χ1n) is 6.37. The number of rotatable bonds is 5. The summed E-state index contributed by atoms with van der Waals surface area (Å²) in [5.41, 5.74) is 8.20. The van der Waals surface area contributed by atoms with Gasteiger partial charge in [0.15, 0.2) is 0 Å². The van der Waals surface area contributed by atoms with Crippen LogP contribution in [-0.4, -0.2) is 9.78 Å². The molecule has 0 atom stereocenters. The zero-order valence-electron chi connectivity index (χ0n) is 11.2. The standard InChI is InChI=1S/C14H18FN3S/c1-3-11-8-12(18(4-2)17-11)9-19-14-6-5-10(16)7-13(14)15/h5-8H,3-4,9,16H2,1-2H3. The van der Waals surface area contributed by atoms with Crippen molar-refractivity contribution >= 4 is 17.4 Å². The van der Waals surface area contributed by atoms with Gasteiger partial charge in [-0.2, -0.15) is 5.10 Å². The number of anilines is 1. The normalized spacial score (nSPS) is 10.9. The van der Waals surface area contributed by atoms with Crippen molar-refractivity contribution in [2.45, 2.75) is 37.5 Å². The molecular formula is C14H18FN3S. The third kappa shape index (κ3) is 3.29. The minimum Gasteiger partial charge on any atom is -0.399 e. The smallest absolute Gasteiger partial charge is 0.138 e. The van der Waals surface area contributed by atoms with Gasteiger partial charge < -0.3 is 5.73 Å². The van der Waals surface area contributed by atoms with E-state index in [0.29, 0.717) is 16.3 Å². The number of benzene rings is 1. The summed E-state index contributed by atoms with van der Waals surface area (Å²) < 4.78 is 15.7. The van der Waals surface area contributed by atoms with Crippen LogP contribution in [0.4, 0.5) is 10.1 Å². The highest BCUT2D eigenvalue weighted by atomic mass is 32.2. The fourth-order valence-corrected chi connectivity index (χ4v) is 2.76. The largest absolute Gasteiger partial charge is 0.399 e. The summed E-state index contributed by atoms with van der Waals surface area (Å²) in [5, 5.41) is 4.49. The number of aryl methyl sites for hydroxylation is 2. The van der Waals surface area contributed by atoms with E-state index in [1.807, 2.05) is 4.68 Å². The van der Waals surface area contributed by atoms with Crippen LogP contribution in [-0.2, 0) is 18.7 Å². The Labute approximate surface area is 117 Å². The van der Waals surface area contributed by atoms with E-state index in [2.05, 4.69) is 25.0 Å². The Kier molecular flexibility index (Phi) is 4.47. The molecule has 2 N–H and O–H groups in total. The molecule has 0 saturated heterocycles. The Morgan fingerprint density at radius 1 is 1.32 bits per heavy atom. The van der Waals surface area contributed by atoms with Crippen LogP contribution in [0.2, 0.25) is 0 Å². The second kappa shape index (κ2) is 6.10. The van der Waals surface area contributed by atoms with E-state index < -0.39 is 0 Å². The van der Waals surface area contributed by atoms with Crippen LogP contribution in [0.3, 0.4) is 0 Å². The minimum absolute atomic E-state index is 0.261. The van der Waals surface area contributed by atoms with E-state index in [1.165, 1.54) is 17.8 Å². The van der Waals surface area contributed by atoms with E-state index in [9.17, 15) is 4.39 Å². The van der Waals surface area contributed by atoms with Crippen molar-refractivity contribution in [2.24, 2.45) is 0 Å². The van der Waals surface area contributed by atoms with Crippen molar-refractivity contribution < 1.29 is 4.39 Å². The molecule has 1 aromatic carbocycles. The van der Waals surface area contributed by atoms with Crippen molar-refractivity contribution in [1.82, 2.24) is 9.78 Å². The average Bonchev–Trinajstić information content (AvgIpc) is 2.80. The van der Waals surface area contributed by atoms with Gasteiger partial charge in [0.05, 0.1) is 5.69 Å². The minimum atomic E-state index is -0.261. The van der Waals surface area contributed by atoms with Gasteiger partial charge in [0.25, 0.3) is 0 Å². The third-order valence-electron chi connectivity index (χ3n) is 2.91. The summed E-state index contributed by atoms with van der Waals surface area (Å²) >= 11 is 1.47. The van der Waals surface area contributed by atoms with Crippen molar-refractivity contribution in [3.05, 3.63) is 41.5 Å². The molecule has 0 radical (unpaired) electrons. The molecule has 3 nitrogen and oxygen atoms in total. The molecule has 1 heterocycles. The van der Waals surface area contributed by atoms with Crippen molar-refractivity contribution in [1.29, 1.82) is 0 Å². The van der Waals surface area contributed by atoms with Gasteiger partial charge in [-0.3, -0.25) is 4.68 Å². The average molecular weight is 279 g/mol. The first-order chi connectivity index (χ1) is 9.13. The third-order valence-corrected chi connectivity index (χ3v) is 3.99. The van der Waals surface area contributed by atoms with Gasteiger partial charge >= 0.3 is 0 Å². The number of hydrogen-bond donors (Lipinski definition) is 1. The van der Waals surface area contributed by atoms with E-state index in [1.54, 1.807) is 12.1 Å². The van der Waals surface area contributed by atoms with Crippen LogP contribution in [0.5, 0.6) is 0 Å². The molecular weight excluding hydrogens is 261 g/mol. The molecule has 2 aromatic rings. The highest BCUT2D eigenvalue weighted by Gasteiger charge is 2.08. The Morgan fingerprint density at radius 3 is 2.74 bits per heavy atom. The first-order valence-corrected chi connectivity index (χ1v) is 7.36. The van der Waals surface area contributed by atoms with Gasteiger partial charge in [0, 0.05) is 28.6 Å². The molecule has 1 aromatic heterocycles. The highest BCUT2D eigenvalue weighted by molar-refractivity contribution is 7.98. The Balaban J connectivity index is 2.11. The van der Waals surface area contributed by atoms with Gasteiger partial charge in [-0.05, 0) is 37.6 Å². The quantitative estimate of drug-likeness (QED) is 0.673. The van der Waals surface area contributed by atoms with Crippen LogP contribution in [0, 0.1) is 5.82 Å². The van der Waals surface area contributed by atoms with Gasteiger partial charge in [-0.15, -0.1) is 11.8 Å². The molecule has 0 bridgehead atoms. The molecule has 0 fully saturated rings.